The summed E-state index contributed by atoms with van der Waals surface area (Å²) < 4.78 is 30.3. The Morgan fingerprint density at radius 2 is 0.842 bits per heavy atom. The molecule has 3 unspecified atom stereocenters. The van der Waals surface area contributed by atoms with Crippen LogP contribution in [-0.2, 0) is 27.9 Å². The number of quaternary nitrogens is 1. The van der Waals surface area contributed by atoms with Gasteiger partial charge in [-0.15, -0.1) is 0 Å². The smallest absolute Gasteiger partial charge is 0.306 e. The normalized spacial score (nSPS) is 14.2. The lowest BCUT2D eigenvalue weighted by Crippen LogP contribution is -2.47. The second-order valence-corrected chi connectivity index (χ2v) is 23.6. The molecule has 0 saturated carbocycles. The number of ether oxygens (including phenoxy) is 1. The van der Waals surface area contributed by atoms with Crippen LogP contribution in [-0.4, -0.2) is 69.4 Å². The molecule has 1 amide bonds. The summed E-state index contributed by atoms with van der Waals surface area (Å²) in [5.41, 5.74) is 0. The van der Waals surface area contributed by atoms with Crippen LogP contribution in [0.1, 0.15) is 271 Å². The first-order valence-electron chi connectivity index (χ1n) is 31.4. The van der Waals surface area contributed by atoms with Gasteiger partial charge in [-0.3, -0.25) is 14.2 Å². The Bertz CT molecular complexity index is 1580. The SMILES string of the molecule is CC/C=C/C/C=C/CCCCCCCCCC(=O)OC(/C=C\CCCCCCCCCCC)C(COP(=O)([O-])OCC[N+](C)(C)C)NC(=O)CCCCCCCCCCC/C=C\C/C=C\C/C=C\C/C=C\CCCCC. The van der Waals surface area contributed by atoms with Crippen LogP contribution in [0.3, 0.4) is 0 Å². The van der Waals surface area contributed by atoms with Gasteiger partial charge >= 0.3 is 5.97 Å². The molecule has 0 spiro atoms. The number of carbonyl (C=O) groups is 2. The number of carbonyl (C=O) groups excluding carboxylic acids is 2. The Morgan fingerprint density at radius 3 is 1.29 bits per heavy atom. The Labute approximate surface area is 469 Å². The van der Waals surface area contributed by atoms with E-state index in [9.17, 15) is 19.0 Å². The Balaban J connectivity index is 5.13. The van der Waals surface area contributed by atoms with Gasteiger partial charge in [0.05, 0.1) is 33.8 Å². The summed E-state index contributed by atoms with van der Waals surface area (Å²) in [4.78, 5) is 39.9. The van der Waals surface area contributed by atoms with Crippen LogP contribution in [0, 0.1) is 0 Å². The molecule has 0 aromatic rings. The molecule has 10 heteroatoms. The van der Waals surface area contributed by atoms with Crippen molar-refractivity contribution < 1.29 is 37.3 Å². The van der Waals surface area contributed by atoms with Gasteiger partial charge in [-0.25, -0.2) is 0 Å². The van der Waals surface area contributed by atoms with Gasteiger partial charge in [-0.05, 0) is 102 Å². The number of unbranched alkanes of at least 4 members (excludes halogenated alkanes) is 28. The Hall–Kier alpha value is -2.81. The number of phosphoric ester groups is 1. The van der Waals surface area contributed by atoms with Crippen LogP contribution in [0.2, 0.25) is 0 Å². The first-order valence-corrected chi connectivity index (χ1v) is 32.9. The number of phosphoric acid groups is 1. The summed E-state index contributed by atoms with van der Waals surface area (Å²) >= 11 is 0. The van der Waals surface area contributed by atoms with Gasteiger partial charge in [-0.1, -0.05) is 241 Å². The molecule has 3 atom stereocenters. The van der Waals surface area contributed by atoms with Crippen molar-refractivity contribution in [2.45, 2.75) is 283 Å². The van der Waals surface area contributed by atoms with Gasteiger partial charge in [0, 0.05) is 12.8 Å². The number of hydrogen-bond acceptors (Lipinski definition) is 7. The molecule has 0 heterocycles. The fraction of sp³-hybridized carbons (Fsp3) is 0.758. The van der Waals surface area contributed by atoms with Crippen molar-refractivity contribution in [2.24, 2.45) is 0 Å². The van der Waals surface area contributed by atoms with Gasteiger partial charge in [-0.2, -0.15) is 0 Å². The molecule has 0 aliphatic carbocycles. The third-order valence-corrected chi connectivity index (χ3v) is 14.5. The summed E-state index contributed by atoms with van der Waals surface area (Å²) in [6.45, 7) is 6.69. The van der Waals surface area contributed by atoms with Crippen molar-refractivity contribution in [3.63, 3.8) is 0 Å². The predicted octanol–water partition coefficient (Wildman–Crippen LogP) is 18.8. The molecule has 0 saturated heterocycles. The third-order valence-electron chi connectivity index (χ3n) is 13.6. The van der Waals surface area contributed by atoms with E-state index in [1.807, 2.05) is 33.3 Å². The van der Waals surface area contributed by atoms with E-state index in [0.717, 1.165) is 116 Å². The van der Waals surface area contributed by atoms with Crippen LogP contribution >= 0.6 is 7.82 Å². The Kier molecular flexibility index (Phi) is 53.5. The number of esters is 1. The van der Waals surface area contributed by atoms with E-state index < -0.39 is 26.6 Å². The monoisotopic (exact) mass is 1080 g/mol. The van der Waals surface area contributed by atoms with Crippen molar-refractivity contribution in [3.8, 4) is 0 Å². The van der Waals surface area contributed by atoms with E-state index in [1.165, 1.54) is 122 Å². The number of allylic oxidation sites excluding steroid dienone is 13. The van der Waals surface area contributed by atoms with Crippen molar-refractivity contribution in [1.29, 1.82) is 0 Å². The molecule has 0 aliphatic heterocycles. The molecule has 76 heavy (non-hydrogen) atoms. The van der Waals surface area contributed by atoms with Crippen LogP contribution < -0.4 is 10.2 Å². The lowest BCUT2D eigenvalue weighted by molar-refractivity contribution is -0.870. The summed E-state index contributed by atoms with van der Waals surface area (Å²) in [5, 5.41) is 3.02. The molecule has 0 aromatic carbocycles. The molecular weight excluding hydrogens is 964 g/mol. The summed E-state index contributed by atoms with van der Waals surface area (Å²) in [7, 11) is 1.17. The van der Waals surface area contributed by atoms with Gasteiger partial charge in [0.1, 0.15) is 19.3 Å². The van der Waals surface area contributed by atoms with Crippen molar-refractivity contribution >= 4 is 19.7 Å². The molecule has 1 N–H and O–H groups in total. The van der Waals surface area contributed by atoms with Crippen molar-refractivity contribution in [2.75, 3.05) is 40.9 Å². The molecule has 440 valence electrons. The zero-order valence-corrected chi connectivity index (χ0v) is 51.1. The number of rotatable bonds is 56. The van der Waals surface area contributed by atoms with Crippen LogP contribution in [0.5, 0.6) is 0 Å². The molecule has 0 aliphatic rings. The third kappa shape index (κ3) is 55.9. The molecule has 0 rings (SSSR count). The summed E-state index contributed by atoms with van der Waals surface area (Å²) in [6.07, 6.45) is 72.7. The van der Waals surface area contributed by atoms with Crippen molar-refractivity contribution in [1.82, 2.24) is 5.32 Å². The quantitative estimate of drug-likeness (QED) is 0.0212. The second-order valence-electron chi connectivity index (χ2n) is 22.2. The van der Waals surface area contributed by atoms with E-state index >= 15 is 0 Å². The average Bonchev–Trinajstić information content (AvgIpc) is 3.38. The van der Waals surface area contributed by atoms with Gasteiger partial charge < -0.3 is 28.5 Å². The number of hydrogen-bond donors (Lipinski definition) is 1. The minimum Gasteiger partial charge on any atom is -0.756 e. The number of amides is 1. The molecule has 9 nitrogen and oxygen atoms in total. The fourth-order valence-corrected chi connectivity index (χ4v) is 9.44. The Morgan fingerprint density at radius 1 is 0.474 bits per heavy atom. The highest BCUT2D eigenvalue weighted by molar-refractivity contribution is 7.45. The topological polar surface area (TPSA) is 114 Å². The maximum absolute atomic E-state index is 13.5. The summed E-state index contributed by atoms with van der Waals surface area (Å²) in [6, 6.07) is -0.898. The molecular formula is C66H119N2O7P. The molecule has 0 radical (unpaired) electrons. The second kappa shape index (κ2) is 55.5. The van der Waals surface area contributed by atoms with E-state index in [4.69, 9.17) is 13.8 Å². The summed E-state index contributed by atoms with van der Waals surface area (Å²) in [5.74, 6) is -0.559. The highest BCUT2D eigenvalue weighted by Crippen LogP contribution is 2.38. The molecule has 0 aromatic heterocycles. The van der Waals surface area contributed by atoms with Gasteiger partial charge in [0.25, 0.3) is 7.82 Å². The minimum absolute atomic E-state index is 0.0281. The van der Waals surface area contributed by atoms with E-state index in [2.05, 4.69) is 99.0 Å². The van der Waals surface area contributed by atoms with Gasteiger partial charge in [0.15, 0.2) is 0 Å². The fourth-order valence-electron chi connectivity index (χ4n) is 8.72. The predicted molar refractivity (Wildman–Crippen MR) is 325 cm³/mol. The maximum atomic E-state index is 13.5. The molecule has 0 bridgehead atoms. The van der Waals surface area contributed by atoms with E-state index in [0.29, 0.717) is 17.4 Å². The average molecular weight is 1080 g/mol. The first-order chi connectivity index (χ1) is 36.9. The van der Waals surface area contributed by atoms with Crippen LogP contribution in [0.15, 0.2) is 85.1 Å². The lowest BCUT2D eigenvalue weighted by atomic mass is 10.0. The van der Waals surface area contributed by atoms with Gasteiger partial charge in [0.2, 0.25) is 5.91 Å². The van der Waals surface area contributed by atoms with E-state index in [1.54, 1.807) is 0 Å². The van der Waals surface area contributed by atoms with Crippen LogP contribution in [0.4, 0.5) is 0 Å². The zero-order chi connectivity index (χ0) is 55.7. The minimum atomic E-state index is -4.70. The highest BCUT2D eigenvalue weighted by Gasteiger charge is 2.27. The van der Waals surface area contributed by atoms with Crippen LogP contribution in [0.25, 0.3) is 0 Å². The highest BCUT2D eigenvalue weighted by atomic mass is 31.2. The van der Waals surface area contributed by atoms with Crippen molar-refractivity contribution in [3.05, 3.63) is 85.1 Å². The number of likely N-dealkylation sites (N-methyl/N-ethyl adjacent to an activating group) is 1. The molecule has 0 fully saturated rings. The lowest BCUT2D eigenvalue weighted by Gasteiger charge is -2.30. The van der Waals surface area contributed by atoms with E-state index in [-0.39, 0.29) is 24.9 Å². The number of nitrogens with zero attached hydrogens (tertiary/aromatic N) is 1. The standard InChI is InChI=1S/C66H119N2O7P/c1-7-10-13-16-19-22-25-27-29-30-31-32-33-34-35-36-37-38-39-40-43-46-49-52-55-58-65(69)67-63(62-74-76(71,72)73-61-60-68(4,5)6)64(57-54-51-48-45-42-24-21-18-15-12-9-3)75-66(70)59-56-53-50-47-44-41-28-26-23-20-17-14-11-8-2/h11,14,19-20,22-23,27,29,31-32,34-35,54,57,63-64H,7-10,12-13,15-18,21,24-26,28,30,33,36-53,55-56,58-62H2,1-6H3,(H-,67,69,71,72)/b14-11+,22-19-,23-20+,29-27-,32-31-,35-34-,57-54-. The largest absolute Gasteiger partial charge is 0.756 e. The maximum Gasteiger partial charge on any atom is 0.306 e. The first kappa shape index (κ1) is 73.2. The zero-order valence-electron chi connectivity index (χ0n) is 50.2. The number of nitrogens with one attached hydrogen (secondary N) is 1.